The minimum absolute atomic E-state index is 0.327. The van der Waals surface area contributed by atoms with Crippen molar-refractivity contribution in [3.05, 3.63) is 0 Å². The second-order valence-electron chi connectivity index (χ2n) is 4.51. The lowest BCUT2D eigenvalue weighted by Crippen LogP contribution is -2.35. The summed E-state index contributed by atoms with van der Waals surface area (Å²) in [7, 11) is 1.63. The summed E-state index contributed by atoms with van der Waals surface area (Å²) in [6.45, 7) is 5.80. The van der Waals surface area contributed by atoms with Crippen LogP contribution in [0.15, 0.2) is 0 Å². The lowest BCUT2D eigenvalue weighted by Gasteiger charge is -2.20. The van der Waals surface area contributed by atoms with Gasteiger partial charge in [0.25, 0.3) is 0 Å². The fraction of sp³-hybridized carbons (Fsp3) is 1.00. The van der Waals surface area contributed by atoms with Crippen molar-refractivity contribution in [2.45, 2.75) is 6.10 Å². The van der Waals surface area contributed by atoms with Crippen LogP contribution in [0, 0.1) is 11.8 Å². The van der Waals surface area contributed by atoms with Crippen LogP contribution in [0.5, 0.6) is 0 Å². The highest BCUT2D eigenvalue weighted by molar-refractivity contribution is 4.91. The molecule has 0 bridgehead atoms. The van der Waals surface area contributed by atoms with Gasteiger partial charge in [-0.25, -0.2) is 0 Å². The summed E-state index contributed by atoms with van der Waals surface area (Å²) in [6.07, 6.45) is -0.327. The van der Waals surface area contributed by atoms with E-state index in [4.69, 9.17) is 4.74 Å². The molecule has 1 unspecified atom stereocenters. The van der Waals surface area contributed by atoms with Gasteiger partial charge in [0.1, 0.15) is 0 Å². The molecule has 0 aliphatic carbocycles. The third-order valence-electron chi connectivity index (χ3n) is 3.29. The predicted molar refractivity (Wildman–Crippen MR) is 54.2 cm³/mol. The number of β-amino-alcohol motifs (C(OH)–C–C–N with tert-alkyl or cyclic N) is 1. The first-order chi connectivity index (χ1) is 6.79. The van der Waals surface area contributed by atoms with Gasteiger partial charge in [0, 0.05) is 26.7 Å². The van der Waals surface area contributed by atoms with E-state index in [-0.39, 0.29) is 6.10 Å². The van der Waals surface area contributed by atoms with E-state index < -0.39 is 0 Å². The van der Waals surface area contributed by atoms with Crippen LogP contribution in [0.1, 0.15) is 0 Å². The topological polar surface area (TPSA) is 44.7 Å². The number of methoxy groups -OCH3 is 1. The molecule has 2 N–H and O–H groups in total. The molecule has 82 valence electrons. The maximum Gasteiger partial charge on any atom is 0.0900 e. The van der Waals surface area contributed by atoms with Crippen molar-refractivity contribution in [3.8, 4) is 0 Å². The zero-order valence-electron chi connectivity index (χ0n) is 8.78. The normalized spacial score (nSPS) is 34.7. The summed E-state index contributed by atoms with van der Waals surface area (Å²) in [6, 6.07) is 0. The number of ether oxygens (including phenoxy) is 1. The molecular weight excluding hydrogens is 180 g/mol. The molecule has 2 aliphatic rings. The Kier molecular flexibility index (Phi) is 3.38. The number of aliphatic hydroxyl groups excluding tert-OH is 1. The van der Waals surface area contributed by atoms with Gasteiger partial charge in [0.15, 0.2) is 0 Å². The number of rotatable bonds is 4. The molecule has 0 aromatic rings. The first kappa shape index (κ1) is 10.4. The van der Waals surface area contributed by atoms with Gasteiger partial charge in [0.2, 0.25) is 0 Å². The Hall–Kier alpha value is -0.160. The highest BCUT2D eigenvalue weighted by Crippen LogP contribution is 2.25. The molecule has 0 radical (unpaired) electrons. The molecule has 0 aromatic heterocycles. The molecule has 0 aromatic carbocycles. The molecule has 0 saturated carbocycles. The van der Waals surface area contributed by atoms with Crippen LogP contribution in [0.25, 0.3) is 0 Å². The first-order valence-corrected chi connectivity index (χ1v) is 5.39. The van der Waals surface area contributed by atoms with Gasteiger partial charge < -0.3 is 20.1 Å². The van der Waals surface area contributed by atoms with Crippen LogP contribution in [-0.4, -0.2) is 62.6 Å². The van der Waals surface area contributed by atoms with E-state index in [1.807, 2.05) is 0 Å². The predicted octanol–water partition coefficient (Wildman–Crippen LogP) is -0.855. The van der Waals surface area contributed by atoms with E-state index in [2.05, 4.69) is 10.2 Å². The van der Waals surface area contributed by atoms with Crippen LogP contribution in [0.3, 0.4) is 0 Å². The van der Waals surface area contributed by atoms with Crippen molar-refractivity contribution < 1.29 is 9.84 Å². The van der Waals surface area contributed by atoms with Gasteiger partial charge in [-0.3, -0.25) is 0 Å². The average Bonchev–Trinajstić information content (AvgIpc) is 2.63. The van der Waals surface area contributed by atoms with Crippen molar-refractivity contribution in [2.75, 3.05) is 46.4 Å². The van der Waals surface area contributed by atoms with Crippen LogP contribution >= 0.6 is 0 Å². The van der Waals surface area contributed by atoms with Crippen LogP contribution in [0.2, 0.25) is 0 Å². The van der Waals surface area contributed by atoms with Crippen molar-refractivity contribution >= 4 is 0 Å². The zero-order chi connectivity index (χ0) is 9.97. The molecule has 2 fully saturated rings. The number of likely N-dealkylation sites (tertiary alicyclic amines) is 1. The molecule has 2 rings (SSSR count). The molecular formula is C10H20N2O2. The molecule has 0 amide bonds. The van der Waals surface area contributed by atoms with E-state index in [1.54, 1.807) is 7.11 Å². The van der Waals surface area contributed by atoms with Crippen LogP contribution in [0.4, 0.5) is 0 Å². The molecule has 2 heterocycles. The Labute approximate surface area is 85.2 Å². The van der Waals surface area contributed by atoms with Crippen molar-refractivity contribution in [1.82, 2.24) is 10.2 Å². The second-order valence-corrected chi connectivity index (χ2v) is 4.51. The quantitative estimate of drug-likeness (QED) is 0.620. The maximum atomic E-state index is 9.59. The molecule has 3 atom stereocenters. The maximum absolute atomic E-state index is 9.59. The number of hydrogen-bond acceptors (Lipinski definition) is 4. The molecule has 4 heteroatoms. The molecule has 2 aliphatic heterocycles. The van der Waals surface area contributed by atoms with Gasteiger partial charge in [-0.05, 0) is 24.9 Å². The van der Waals surface area contributed by atoms with Gasteiger partial charge in [-0.2, -0.15) is 0 Å². The zero-order valence-corrected chi connectivity index (χ0v) is 8.78. The number of fused-ring (bicyclic) bond motifs is 1. The lowest BCUT2D eigenvalue weighted by atomic mass is 10.0. The summed E-state index contributed by atoms with van der Waals surface area (Å²) in [4.78, 5) is 2.36. The molecule has 4 nitrogen and oxygen atoms in total. The van der Waals surface area contributed by atoms with E-state index in [0.717, 1.165) is 44.6 Å². The smallest absolute Gasteiger partial charge is 0.0900 e. The molecule has 2 saturated heterocycles. The summed E-state index contributed by atoms with van der Waals surface area (Å²) in [5.41, 5.74) is 0. The fourth-order valence-corrected chi connectivity index (χ4v) is 2.64. The fourth-order valence-electron chi connectivity index (χ4n) is 2.64. The largest absolute Gasteiger partial charge is 0.389 e. The van der Waals surface area contributed by atoms with E-state index in [9.17, 15) is 5.11 Å². The Morgan fingerprint density at radius 2 is 2.07 bits per heavy atom. The second kappa shape index (κ2) is 4.57. The number of nitrogens with one attached hydrogen (secondary N) is 1. The molecule has 14 heavy (non-hydrogen) atoms. The SMILES string of the molecule is COCC(O)CN1C[C@H]2CNC[C@H]2C1. The highest BCUT2D eigenvalue weighted by atomic mass is 16.5. The Morgan fingerprint density at radius 1 is 1.43 bits per heavy atom. The van der Waals surface area contributed by atoms with Crippen LogP contribution in [-0.2, 0) is 4.74 Å². The summed E-state index contributed by atoms with van der Waals surface area (Å²) in [5.74, 6) is 1.62. The first-order valence-electron chi connectivity index (χ1n) is 5.39. The van der Waals surface area contributed by atoms with E-state index in [0.29, 0.717) is 6.61 Å². The lowest BCUT2D eigenvalue weighted by molar-refractivity contribution is 0.0414. The van der Waals surface area contributed by atoms with Gasteiger partial charge in [-0.1, -0.05) is 0 Å². The third kappa shape index (κ3) is 2.25. The van der Waals surface area contributed by atoms with Gasteiger partial charge in [0.05, 0.1) is 12.7 Å². The molecule has 0 spiro atoms. The summed E-state index contributed by atoms with van der Waals surface area (Å²) >= 11 is 0. The summed E-state index contributed by atoms with van der Waals surface area (Å²) in [5, 5.41) is 13.0. The van der Waals surface area contributed by atoms with E-state index in [1.165, 1.54) is 0 Å². The minimum Gasteiger partial charge on any atom is -0.389 e. The van der Waals surface area contributed by atoms with Crippen molar-refractivity contribution in [1.29, 1.82) is 0 Å². The Balaban J connectivity index is 1.73. The van der Waals surface area contributed by atoms with E-state index >= 15 is 0 Å². The minimum atomic E-state index is -0.327. The number of hydrogen-bond donors (Lipinski definition) is 2. The van der Waals surface area contributed by atoms with Crippen molar-refractivity contribution in [2.24, 2.45) is 11.8 Å². The standard InChI is InChI=1S/C10H20N2O2/c1-14-7-10(13)6-12-4-8-2-11-3-9(8)5-12/h8-11,13H,2-7H2,1H3/t8-,9+,10?. The Morgan fingerprint density at radius 3 is 2.64 bits per heavy atom. The Bertz CT molecular complexity index is 177. The van der Waals surface area contributed by atoms with Crippen molar-refractivity contribution in [3.63, 3.8) is 0 Å². The summed E-state index contributed by atoms with van der Waals surface area (Å²) < 4.78 is 4.92. The van der Waals surface area contributed by atoms with Crippen LogP contribution < -0.4 is 5.32 Å². The monoisotopic (exact) mass is 200 g/mol. The highest BCUT2D eigenvalue weighted by Gasteiger charge is 2.36. The van der Waals surface area contributed by atoms with Gasteiger partial charge in [-0.15, -0.1) is 0 Å². The third-order valence-corrected chi connectivity index (χ3v) is 3.29. The average molecular weight is 200 g/mol. The number of aliphatic hydroxyl groups is 1. The number of nitrogens with zero attached hydrogens (tertiary/aromatic N) is 1. The van der Waals surface area contributed by atoms with Gasteiger partial charge >= 0.3 is 0 Å².